The molecule has 1 unspecified atom stereocenters. The molecule has 94 valence electrons. The van der Waals surface area contributed by atoms with Crippen LogP contribution in [-0.2, 0) is 11.3 Å². The molecule has 0 aliphatic rings. The van der Waals surface area contributed by atoms with Crippen LogP contribution in [0.3, 0.4) is 0 Å². The Balaban J connectivity index is 2.42. The number of rotatable bonds is 6. The van der Waals surface area contributed by atoms with Crippen molar-refractivity contribution in [3.05, 3.63) is 29.8 Å². The Kier molecular flexibility index (Phi) is 6.05. The minimum atomic E-state index is -0.158. The second-order valence-electron chi connectivity index (χ2n) is 3.83. The van der Waals surface area contributed by atoms with Crippen LogP contribution in [0.5, 0.6) is 5.75 Å². The molecule has 1 rings (SSSR count). The van der Waals surface area contributed by atoms with Gasteiger partial charge in [0, 0.05) is 6.54 Å². The van der Waals surface area contributed by atoms with Crippen molar-refractivity contribution in [2.45, 2.75) is 31.6 Å². The molecule has 0 saturated carbocycles. The summed E-state index contributed by atoms with van der Waals surface area (Å²) in [6.45, 7) is 5.16. The second-order valence-corrected chi connectivity index (χ2v) is 5.20. The highest BCUT2D eigenvalue weighted by Crippen LogP contribution is 2.12. The van der Waals surface area contributed by atoms with Crippen molar-refractivity contribution in [3.63, 3.8) is 0 Å². The zero-order valence-electron chi connectivity index (χ0n) is 10.2. The Morgan fingerprint density at radius 2 is 2.06 bits per heavy atom. The van der Waals surface area contributed by atoms with Gasteiger partial charge in [0.25, 0.3) is 0 Å². The Hall–Kier alpha value is -1.03. The highest BCUT2D eigenvalue weighted by Gasteiger charge is 2.07. The first-order valence-electron chi connectivity index (χ1n) is 5.77. The SMILES string of the molecule is CCCOc1ccc(CNC(=O)C(C)Br)cc1. The van der Waals surface area contributed by atoms with Crippen LogP contribution in [0.15, 0.2) is 24.3 Å². The molecule has 0 aliphatic carbocycles. The van der Waals surface area contributed by atoms with E-state index < -0.39 is 0 Å². The fourth-order valence-corrected chi connectivity index (χ4v) is 1.42. The van der Waals surface area contributed by atoms with Crippen LogP contribution in [0.1, 0.15) is 25.8 Å². The zero-order chi connectivity index (χ0) is 12.7. The van der Waals surface area contributed by atoms with E-state index in [9.17, 15) is 4.79 Å². The second kappa shape index (κ2) is 7.33. The molecule has 1 atom stereocenters. The molecule has 0 aliphatic heterocycles. The average molecular weight is 300 g/mol. The fraction of sp³-hybridized carbons (Fsp3) is 0.462. The lowest BCUT2D eigenvalue weighted by molar-refractivity contribution is -0.120. The molecule has 1 N–H and O–H groups in total. The van der Waals surface area contributed by atoms with Gasteiger partial charge in [-0.15, -0.1) is 0 Å². The fourth-order valence-electron chi connectivity index (χ4n) is 1.25. The number of carbonyl (C=O) groups is 1. The van der Waals surface area contributed by atoms with E-state index in [1.807, 2.05) is 24.3 Å². The number of ether oxygens (including phenoxy) is 1. The summed E-state index contributed by atoms with van der Waals surface area (Å²) in [5.41, 5.74) is 1.07. The summed E-state index contributed by atoms with van der Waals surface area (Å²) in [4.78, 5) is 11.2. The van der Waals surface area contributed by atoms with Gasteiger partial charge < -0.3 is 10.1 Å². The third-order valence-corrected chi connectivity index (χ3v) is 2.64. The van der Waals surface area contributed by atoms with Crippen molar-refractivity contribution in [2.75, 3.05) is 6.61 Å². The summed E-state index contributed by atoms with van der Waals surface area (Å²) in [6.07, 6.45) is 1.00. The quantitative estimate of drug-likeness (QED) is 0.820. The minimum Gasteiger partial charge on any atom is -0.494 e. The summed E-state index contributed by atoms with van der Waals surface area (Å²) in [7, 11) is 0. The van der Waals surface area contributed by atoms with E-state index in [-0.39, 0.29) is 10.7 Å². The van der Waals surface area contributed by atoms with Gasteiger partial charge in [0.05, 0.1) is 11.4 Å². The van der Waals surface area contributed by atoms with Gasteiger partial charge in [-0.3, -0.25) is 4.79 Å². The molecule has 0 saturated heterocycles. The van der Waals surface area contributed by atoms with E-state index in [0.29, 0.717) is 6.54 Å². The minimum absolute atomic E-state index is 0.00342. The lowest BCUT2D eigenvalue weighted by Gasteiger charge is -2.08. The standard InChI is InChI=1S/C13H18BrNO2/c1-3-8-17-12-6-4-11(5-7-12)9-15-13(16)10(2)14/h4-7,10H,3,8-9H2,1-2H3,(H,15,16). The molecule has 4 heteroatoms. The lowest BCUT2D eigenvalue weighted by Crippen LogP contribution is -2.28. The summed E-state index contributed by atoms with van der Waals surface area (Å²) >= 11 is 3.22. The molecule has 1 aromatic rings. The van der Waals surface area contributed by atoms with Gasteiger partial charge in [0.2, 0.25) is 5.91 Å². The first kappa shape index (κ1) is 14.0. The van der Waals surface area contributed by atoms with E-state index in [4.69, 9.17) is 4.74 Å². The number of nitrogens with one attached hydrogen (secondary N) is 1. The number of carbonyl (C=O) groups excluding carboxylic acids is 1. The molecule has 17 heavy (non-hydrogen) atoms. The predicted octanol–water partition coefficient (Wildman–Crippen LogP) is 2.88. The highest BCUT2D eigenvalue weighted by atomic mass is 79.9. The van der Waals surface area contributed by atoms with Gasteiger partial charge in [0.15, 0.2) is 0 Å². The van der Waals surface area contributed by atoms with Crippen LogP contribution in [0.25, 0.3) is 0 Å². The number of hydrogen-bond acceptors (Lipinski definition) is 2. The number of halogens is 1. The summed E-state index contributed by atoms with van der Waals surface area (Å²) < 4.78 is 5.48. The number of amides is 1. The normalized spacial score (nSPS) is 11.9. The van der Waals surface area contributed by atoms with Crippen LogP contribution in [0.4, 0.5) is 0 Å². The van der Waals surface area contributed by atoms with Crippen LogP contribution >= 0.6 is 15.9 Å². The zero-order valence-corrected chi connectivity index (χ0v) is 11.8. The van der Waals surface area contributed by atoms with Crippen molar-refractivity contribution >= 4 is 21.8 Å². The maximum Gasteiger partial charge on any atom is 0.233 e. The Labute approximate surface area is 111 Å². The average Bonchev–Trinajstić information content (AvgIpc) is 2.34. The summed E-state index contributed by atoms with van der Waals surface area (Å²) in [6, 6.07) is 7.78. The lowest BCUT2D eigenvalue weighted by atomic mass is 10.2. The molecule has 0 spiro atoms. The Morgan fingerprint density at radius 3 is 2.59 bits per heavy atom. The van der Waals surface area contributed by atoms with Crippen molar-refractivity contribution in [1.29, 1.82) is 0 Å². The summed E-state index contributed by atoms with van der Waals surface area (Å²) in [5.74, 6) is 0.868. The first-order valence-corrected chi connectivity index (χ1v) is 6.68. The van der Waals surface area contributed by atoms with Crippen LogP contribution in [-0.4, -0.2) is 17.3 Å². The Bertz CT molecular complexity index is 349. The van der Waals surface area contributed by atoms with Gasteiger partial charge in [-0.2, -0.15) is 0 Å². The maximum absolute atomic E-state index is 11.3. The molecule has 1 amide bonds. The Morgan fingerprint density at radius 1 is 1.41 bits per heavy atom. The third kappa shape index (κ3) is 5.22. The van der Waals surface area contributed by atoms with Gasteiger partial charge in [0.1, 0.15) is 5.75 Å². The molecule has 0 aromatic heterocycles. The van der Waals surface area contributed by atoms with Gasteiger partial charge in [-0.25, -0.2) is 0 Å². The number of alkyl halides is 1. The molecule has 0 fully saturated rings. The number of benzene rings is 1. The van der Waals surface area contributed by atoms with E-state index in [1.165, 1.54) is 0 Å². The number of hydrogen-bond donors (Lipinski definition) is 1. The molecule has 0 bridgehead atoms. The van der Waals surface area contributed by atoms with Gasteiger partial charge in [-0.1, -0.05) is 35.0 Å². The van der Waals surface area contributed by atoms with E-state index in [0.717, 1.165) is 24.3 Å². The molecule has 0 radical (unpaired) electrons. The van der Waals surface area contributed by atoms with Crippen LogP contribution in [0.2, 0.25) is 0 Å². The van der Waals surface area contributed by atoms with Gasteiger partial charge >= 0.3 is 0 Å². The molecular formula is C13H18BrNO2. The van der Waals surface area contributed by atoms with E-state index in [2.05, 4.69) is 28.2 Å². The smallest absolute Gasteiger partial charge is 0.233 e. The summed E-state index contributed by atoms with van der Waals surface area (Å²) in [5, 5.41) is 2.83. The maximum atomic E-state index is 11.3. The largest absolute Gasteiger partial charge is 0.494 e. The molecule has 1 aromatic carbocycles. The van der Waals surface area contributed by atoms with Crippen LogP contribution < -0.4 is 10.1 Å². The van der Waals surface area contributed by atoms with E-state index in [1.54, 1.807) is 6.92 Å². The van der Waals surface area contributed by atoms with E-state index >= 15 is 0 Å². The van der Waals surface area contributed by atoms with Crippen molar-refractivity contribution in [1.82, 2.24) is 5.32 Å². The molecule has 3 nitrogen and oxygen atoms in total. The predicted molar refractivity (Wildman–Crippen MR) is 72.5 cm³/mol. The van der Waals surface area contributed by atoms with Crippen LogP contribution in [0, 0.1) is 0 Å². The van der Waals surface area contributed by atoms with Crippen molar-refractivity contribution in [2.24, 2.45) is 0 Å². The molecule has 0 heterocycles. The highest BCUT2D eigenvalue weighted by molar-refractivity contribution is 9.10. The van der Waals surface area contributed by atoms with Crippen molar-refractivity contribution in [3.8, 4) is 5.75 Å². The molecular weight excluding hydrogens is 282 g/mol. The monoisotopic (exact) mass is 299 g/mol. The first-order chi connectivity index (χ1) is 8.13. The topological polar surface area (TPSA) is 38.3 Å². The van der Waals surface area contributed by atoms with Crippen molar-refractivity contribution < 1.29 is 9.53 Å². The van der Waals surface area contributed by atoms with Gasteiger partial charge in [-0.05, 0) is 31.0 Å². The third-order valence-electron chi connectivity index (χ3n) is 2.22.